The van der Waals surface area contributed by atoms with Crippen molar-refractivity contribution in [2.75, 3.05) is 0 Å². The summed E-state index contributed by atoms with van der Waals surface area (Å²) in [6.07, 6.45) is 3.17. The lowest BCUT2D eigenvalue weighted by Gasteiger charge is -2.10. The Balaban J connectivity index is 1.31. The minimum atomic E-state index is 1.04. The van der Waals surface area contributed by atoms with Crippen LogP contribution in [0.1, 0.15) is 17.5 Å². The molecule has 0 spiro atoms. The number of rotatable bonds is 4. The first-order valence-corrected chi connectivity index (χ1v) is 10.9. The molecule has 2 aromatic heterocycles. The summed E-state index contributed by atoms with van der Waals surface area (Å²) in [5, 5.41) is 4.95. The third kappa shape index (κ3) is 3.30. The van der Waals surface area contributed by atoms with Crippen LogP contribution in [-0.2, 0) is 12.8 Å². The molecule has 0 atom stereocenters. The second-order valence-corrected chi connectivity index (χ2v) is 8.18. The van der Waals surface area contributed by atoms with Gasteiger partial charge in [-0.05, 0) is 66.8 Å². The number of aromatic nitrogens is 2. The summed E-state index contributed by atoms with van der Waals surface area (Å²) < 4.78 is 0. The van der Waals surface area contributed by atoms with Gasteiger partial charge in [0.1, 0.15) is 0 Å². The molecule has 4 aromatic carbocycles. The highest BCUT2D eigenvalue weighted by Crippen LogP contribution is 2.26. The van der Waals surface area contributed by atoms with Gasteiger partial charge in [-0.15, -0.1) is 0 Å². The molecular weight excluding hydrogens is 376 g/mol. The van der Waals surface area contributed by atoms with Crippen molar-refractivity contribution in [1.82, 2.24) is 9.97 Å². The van der Waals surface area contributed by atoms with Crippen LogP contribution in [0.4, 0.5) is 0 Å². The zero-order valence-electron chi connectivity index (χ0n) is 17.3. The van der Waals surface area contributed by atoms with Crippen molar-refractivity contribution in [2.45, 2.75) is 19.3 Å². The average Bonchev–Trinajstić information content (AvgIpc) is 2.82. The van der Waals surface area contributed by atoms with E-state index in [-0.39, 0.29) is 0 Å². The van der Waals surface area contributed by atoms with E-state index in [9.17, 15) is 0 Å². The lowest BCUT2D eigenvalue weighted by molar-refractivity contribution is 0.829. The fourth-order valence-electron chi connectivity index (χ4n) is 4.63. The van der Waals surface area contributed by atoms with E-state index in [4.69, 9.17) is 9.97 Å². The third-order valence-electron chi connectivity index (χ3n) is 6.19. The van der Waals surface area contributed by atoms with Gasteiger partial charge in [-0.25, -0.2) is 9.97 Å². The van der Waals surface area contributed by atoms with E-state index in [0.717, 1.165) is 41.3 Å². The Morgan fingerprint density at radius 1 is 0.452 bits per heavy atom. The number of benzene rings is 4. The van der Waals surface area contributed by atoms with Crippen molar-refractivity contribution in [2.24, 2.45) is 0 Å². The maximum atomic E-state index is 4.87. The molecule has 0 radical (unpaired) electrons. The van der Waals surface area contributed by atoms with E-state index in [1.165, 1.54) is 32.7 Å². The average molecular weight is 399 g/mol. The molecule has 0 amide bonds. The van der Waals surface area contributed by atoms with E-state index in [1.807, 2.05) is 12.1 Å². The number of nitrogens with zero attached hydrogens (tertiary/aromatic N) is 2. The molecule has 0 bridgehead atoms. The van der Waals surface area contributed by atoms with Crippen LogP contribution in [0.25, 0.3) is 43.6 Å². The molecular formula is C29H22N2. The topological polar surface area (TPSA) is 25.8 Å². The van der Waals surface area contributed by atoms with Gasteiger partial charge in [0.2, 0.25) is 0 Å². The van der Waals surface area contributed by atoms with Crippen molar-refractivity contribution in [3.63, 3.8) is 0 Å². The molecule has 0 aliphatic heterocycles. The molecule has 0 N–H and O–H groups in total. The zero-order chi connectivity index (χ0) is 20.6. The van der Waals surface area contributed by atoms with Gasteiger partial charge in [0.15, 0.2) is 0 Å². The molecule has 0 aliphatic carbocycles. The highest BCUT2D eigenvalue weighted by atomic mass is 14.7. The molecule has 0 saturated heterocycles. The monoisotopic (exact) mass is 398 g/mol. The zero-order valence-corrected chi connectivity index (χ0v) is 17.3. The van der Waals surface area contributed by atoms with Crippen LogP contribution in [0.5, 0.6) is 0 Å². The summed E-state index contributed by atoms with van der Waals surface area (Å²) in [6.45, 7) is 0. The van der Waals surface area contributed by atoms with Crippen molar-refractivity contribution in [3.05, 3.63) is 108 Å². The number of aryl methyl sites for hydroxylation is 2. The van der Waals surface area contributed by atoms with E-state index in [2.05, 4.69) is 84.9 Å². The SMILES string of the molecule is c1ccc2nc3cccc(CCCc4cccc5nc6ccccc6cc45)c3cc2c1. The number of fused-ring (bicyclic) bond motifs is 4. The number of pyridine rings is 2. The Hall–Kier alpha value is -3.78. The van der Waals surface area contributed by atoms with E-state index >= 15 is 0 Å². The molecule has 2 nitrogen and oxygen atoms in total. The summed E-state index contributed by atoms with van der Waals surface area (Å²) in [7, 11) is 0. The lowest BCUT2D eigenvalue weighted by atomic mass is 9.97. The van der Waals surface area contributed by atoms with Crippen LogP contribution in [0.3, 0.4) is 0 Å². The minimum Gasteiger partial charge on any atom is -0.248 e. The van der Waals surface area contributed by atoms with Gasteiger partial charge in [-0.2, -0.15) is 0 Å². The normalized spacial score (nSPS) is 11.6. The Morgan fingerprint density at radius 3 is 1.42 bits per heavy atom. The summed E-state index contributed by atoms with van der Waals surface area (Å²) in [6, 6.07) is 34.3. The lowest BCUT2D eigenvalue weighted by Crippen LogP contribution is -1.94. The maximum Gasteiger partial charge on any atom is 0.0712 e. The minimum absolute atomic E-state index is 1.04. The summed E-state index contributed by atoms with van der Waals surface area (Å²) >= 11 is 0. The van der Waals surface area contributed by atoms with Crippen molar-refractivity contribution in [3.8, 4) is 0 Å². The molecule has 0 saturated carbocycles. The molecule has 2 heteroatoms. The van der Waals surface area contributed by atoms with Crippen LogP contribution >= 0.6 is 0 Å². The molecule has 6 rings (SSSR count). The molecule has 6 aromatic rings. The van der Waals surface area contributed by atoms with Crippen molar-refractivity contribution in [1.29, 1.82) is 0 Å². The smallest absolute Gasteiger partial charge is 0.0712 e. The summed E-state index contributed by atoms with van der Waals surface area (Å²) in [5.41, 5.74) is 7.03. The summed E-state index contributed by atoms with van der Waals surface area (Å²) in [5.74, 6) is 0. The van der Waals surface area contributed by atoms with Gasteiger partial charge in [0.05, 0.1) is 22.1 Å². The molecule has 0 aliphatic rings. The largest absolute Gasteiger partial charge is 0.248 e. The highest BCUT2D eigenvalue weighted by Gasteiger charge is 2.07. The number of para-hydroxylation sites is 2. The summed E-state index contributed by atoms with van der Waals surface area (Å²) in [4.78, 5) is 9.73. The van der Waals surface area contributed by atoms with Gasteiger partial charge in [-0.1, -0.05) is 60.7 Å². The first kappa shape index (κ1) is 18.0. The first-order valence-electron chi connectivity index (χ1n) is 10.9. The second-order valence-electron chi connectivity index (χ2n) is 8.18. The van der Waals surface area contributed by atoms with Crippen LogP contribution < -0.4 is 0 Å². The molecule has 2 heterocycles. The predicted octanol–water partition coefficient (Wildman–Crippen LogP) is 7.26. The van der Waals surface area contributed by atoms with E-state index < -0.39 is 0 Å². The van der Waals surface area contributed by atoms with Gasteiger partial charge in [-0.3, -0.25) is 0 Å². The standard InChI is InChI=1S/C29H22N2/c1-3-14-26-22(8-1)18-24-20(12-6-16-28(24)30-26)10-5-11-21-13-7-17-29-25(21)19-23-9-2-4-15-27(23)31-29/h1-4,6-9,12-19H,5,10-11H2. The Kier molecular flexibility index (Phi) is 4.35. The van der Waals surface area contributed by atoms with Gasteiger partial charge >= 0.3 is 0 Å². The Labute approximate surface area is 181 Å². The molecule has 148 valence electrons. The first-order chi connectivity index (χ1) is 15.3. The molecule has 0 unspecified atom stereocenters. The van der Waals surface area contributed by atoms with Crippen molar-refractivity contribution >= 4 is 43.6 Å². The van der Waals surface area contributed by atoms with Gasteiger partial charge < -0.3 is 0 Å². The second kappa shape index (κ2) is 7.48. The fourth-order valence-corrected chi connectivity index (χ4v) is 4.63. The quantitative estimate of drug-likeness (QED) is 0.292. The Bertz CT molecular complexity index is 1450. The molecule has 31 heavy (non-hydrogen) atoms. The van der Waals surface area contributed by atoms with E-state index in [1.54, 1.807) is 0 Å². The van der Waals surface area contributed by atoms with Crippen LogP contribution in [-0.4, -0.2) is 9.97 Å². The van der Waals surface area contributed by atoms with Crippen LogP contribution in [0.2, 0.25) is 0 Å². The highest BCUT2D eigenvalue weighted by molar-refractivity contribution is 5.95. The van der Waals surface area contributed by atoms with Crippen LogP contribution in [0.15, 0.2) is 97.1 Å². The Morgan fingerprint density at radius 2 is 0.903 bits per heavy atom. The number of hydrogen-bond acceptors (Lipinski definition) is 2. The maximum absolute atomic E-state index is 4.87. The van der Waals surface area contributed by atoms with E-state index in [0.29, 0.717) is 0 Å². The van der Waals surface area contributed by atoms with Crippen molar-refractivity contribution < 1.29 is 0 Å². The number of hydrogen-bond donors (Lipinski definition) is 0. The van der Waals surface area contributed by atoms with Crippen LogP contribution in [0, 0.1) is 0 Å². The fraction of sp³-hybridized carbons (Fsp3) is 0.103. The van der Waals surface area contributed by atoms with Gasteiger partial charge in [0, 0.05) is 21.5 Å². The van der Waals surface area contributed by atoms with Gasteiger partial charge in [0.25, 0.3) is 0 Å². The predicted molar refractivity (Wildman–Crippen MR) is 131 cm³/mol. The molecule has 0 fully saturated rings. The third-order valence-corrected chi connectivity index (χ3v) is 6.19.